The van der Waals surface area contributed by atoms with Crippen molar-refractivity contribution in [2.75, 3.05) is 25.1 Å². The summed E-state index contributed by atoms with van der Waals surface area (Å²) in [5, 5.41) is 3.09. The number of methoxy groups -OCH3 is 1. The van der Waals surface area contributed by atoms with Crippen molar-refractivity contribution in [3.05, 3.63) is 59.7 Å². The van der Waals surface area contributed by atoms with Crippen LogP contribution >= 0.6 is 0 Å². The van der Waals surface area contributed by atoms with Gasteiger partial charge < -0.3 is 15.0 Å². The lowest BCUT2D eigenvalue weighted by Crippen LogP contribution is -2.43. The molecule has 1 aromatic heterocycles. The fraction of sp³-hybridized carbons (Fsp3) is 0.348. The number of aromatic nitrogens is 2. The van der Waals surface area contributed by atoms with Crippen LogP contribution < -0.4 is 15.0 Å². The molecule has 3 aromatic rings. The molecule has 1 aliphatic rings. The van der Waals surface area contributed by atoms with Crippen molar-refractivity contribution in [2.24, 2.45) is 5.92 Å². The van der Waals surface area contributed by atoms with Crippen molar-refractivity contribution >= 4 is 22.8 Å². The van der Waals surface area contributed by atoms with Gasteiger partial charge in [0, 0.05) is 19.6 Å². The number of ether oxygens (including phenoxy) is 1. The van der Waals surface area contributed by atoms with E-state index >= 15 is 0 Å². The molecule has 1 saturated heterocycles. The van der Waals surface area contributed by atoms with Crippen molar-refractivity contribution in [1.29, 1.82) is 0 Å². The molecule has 29 heavy (non-hydrogen) atoms. The van der Waals surface area contributed by atoms with Gasteiger partial charge in [-0.3, -0.25) is 4.79 Å². The molecule has 0 unspecified atom stereocenters. The number of nitrogens with one attached hydrogen (secondary N) is 1. The molecule has 4 rings (SSSR count). The van der Waals surface area contributed by atoms with E-state index in [1.807, 2.05) is 24.3 Å². The van der Waals surface area contributed by atoms with Gasteiger partial charge in [0.2, 0.25) is 5.91 Å². The number of carbonyl (C=O) groups is 1. The summed E-state index contributed by atoms with van der Waals surface area (Å²) >= 11 is 0. The molecule has 150 valence electrons. The summed E-state index contributed by atoms with van der Waals surface area (Å²) in [5.41, 5.74) is 3.96. The van der Waals surface area contributed by atoms with Crippen LogP contribution in [0.4, 0.5) is 5.82 Å². The maximum absolute atomic E-state index is 12.8. The lowest BCUT2D eigenvalue weighted by Gasteiger charge is -2.33. The fourth-order valence-corrected chi connectivity index (χ4v) is 3.74. The van der Waals surface area contributed by atoms with Crippen molar-refractivity contribution < 1.29 is 9.53 Å². The van der Waals surface area contributed by atoms with E-state index in [0.29, 0.717) is 24.8 Å². The molecule has 0 aliphatic carbocycles. The predicted octanol–water partition coefficient (Wildman–Crippen LogP) is 3.48. The minimum absolute atomic E-state index is 0.0767. The maximum atomic E-state index is 12.8. The predicted molar refractivity (Wildman–Crippen MR) is 114 cm³/mol. The summed E-state index contributed by atoms with van der Waals surface area (Å²) in [5.74, 6) is 1.22. The number of piperidine rings is 1. The van der Waals surface area contributed by atoms with Crippen LogP contribution in [0.3, 0.4) is 0 Å². The lowest BCUT2D eigenvalue weighted by molar-refractivity contribution is -0.125. The summed E-state index contributed by atoms with van der Waals surface area (Å²) in [6.45, 7) is 4.06. The Morgan fingerprint density at radius 3 is 2.59 bits per heavy atom. The number of para-hydroxylation sites is 2. The van der Waals surface area contributed by atoms with Crippen LogP contribution in [0.15, 0.2) is 48.5 Å². The molecular weight excluding hydrogens is 364 g/mol. The monoisotopic (exact) mass is 390 g/mol. The number of rotatable bonds is 5. The molecule has 0 bridgehead atoms. The van der Waals surface area contributed by atoms with Crippen LogP contribution in [-0.4, -0.2) is 36.1 Å². The molecule has 2 heterocycles. The number of hydrogen-bond donors (Lipinski definition) is 1. The van der Waals surface area contributed by atoms with Gasteiger partial charge in [0.25, 0.3) is 5.88 Å². The number of benzene rings is 2. The number of carbonyl (C=O) groups excluding carboxylic acids is 1. The normalized spacial score (nSPS) is 16.6. The van der Waals surface area contributed by atoms with E-state index in [1.54, 1.807) is 7.11 Å². The number of anilines is 1. The topological polar surface area (TPSA) is 67.4 Å². The second-order valence-corrected chi connectivity index (χ2v) is 7.53. The van der Waals surface area contributed by atoms with E-state index < -0.39 is 0 Å². The van der Waals surface area contributed by atoms with Gasteiger partial charge in [-0.1, -0.05) is 42.0 Å². The number of fused-ring (bicyclic) bond motifs is 1. The molecule has 0 saturated carbocycles. The standard InChI is InChI=1S/C23H26N4O2/c1-16-9-11-17(12-10-16)14-24-22(28)18-6-5-13-27(15-18)21-23(29-2)26-20-8-4-3-7-19(20)25-21/h3-4,7-12,18H,5-6,13-15H2,1-2H3,(H,24,28)/t18-/m1/s1. The summed E-state index contributed by atoms with van der Waals surface area (Å²) in [4.78, 5) is 24.3. The quantitative estimate of drug-likeness (QED) is 0.722. The third kappa shape index (κ3) is 4.31. The molecule has 1 fully saturated rings. The Bertz CT molecular complexity index is 1000. The minimum atomic E-state index is -0.0767. The highest BCUT2D eigenvalue weighted by Gasteiger charge is 2.28. The first kappa shape index (κ1) is 19.2. The Hall–Kier alpha value is -3.15. The summed E-state index contributed by atoms with van der Waals surface area (Å²) in [6.07, 6.45) is 1.81. The highest BCUT2D eigenvalue weighted by molar-refractivity contribution is 5.80. The fourth-order valence-electron chi connectivity index (χ4n) is 3.74. The molecule has 1 amide bonds. The molecule has 6 nitrogen and oxygen atoms in total. The van der Waals surface area contributed by atoms with Gasteiger partial charge in [0.15, 0.2) is 5.82 Å². The van der Waals surface area contributed by atoms with Crippen LogP contribution in [-0.2, 0) is 11.3 Å². The zero-order valence-corrected chi connectivity index (χ0v) is 16.9. The summed E-state index contributed by atoms with van der Waals surface area (Å²) < 4.78 is 5.50. The molecule has 6 heteroatoms. The second-order valence-electron chi connectivity index (χ2n) is 7.53. The van der Waals surface area contributed by atoms with Crippen LogP contribution in [0, 0.1) is 12.8 Å². The first-order chi connectivity index (χ1) is 14.1. The molecule has 1 aliphatic heterocycles. The number of hydrogen-bond acceptors (Lipinski definition) is 5. The Labute approximate surface area is 170 Å². The second kappa shape index (κ2) is 8.47. The van der Waals surface area contributed by atoms with E-state index in [9.17, 15) is 4.79 Å². The van der Waals surface area contributed by atoms with Crippen LogP contribution in [0.5, 0.6) is 5.88 Å². The van der Waals surface area contributed by atoms with E-state index in [2.05, 4.69) is 46.4 Å². The third-order valence-electron chi connectivity index (χ3n) is 5.39. The van der Waals surface area contributed by atoms with E-state index in [1.165, 1.54) is 5.56 Å². The Morgan fingerprint density at radius 2 is 1.86 bits per heavy atom. The minimum Gasteiger partial charge on any atom is -0.478 e. The van der Waals surface area contributed by atoms with E-state index in [-0.39, 0.29) is 11.8 Å². The summed E-state index contributed by atoms with van der Waals surface area (Å²) in [7, 11) is 1.61. The SMILES string of the molecule is COc1nc2ccccc2nc1N1CCC[C@@H](C(=O)NCc2ccc(C)cc2)C1. The van der Waals surface area contributed by atoms with Crippen molar-refractivity contribution in [3.63, 3.8) is 0 Å². The van der Waals surface area contributed by atoms with Gasteiger partial charge >= 0.3 is 0 Å². The maximum Gasteiger partial charge on any atom is 0.257 e. The van der Waals surface area contributed by atoms with Gasteiger partial charge in [-0.05, 0) is 37.5 Å². The summed E-state index contributed by atoms with van der Waals surface area (Å²) in [6, 6.07) is 16.0. The Morgan fingerprint density at radius 1 is 1.14 bits per heavy atom. The number of aryl methyl sites for hydroxylation is 1. The first-order valence-electron chi connectivity index (χ1n) is 10.0. The first-order valence-corrected chi connectivity index (χ1v) is 10.0. The molecule has 2 aromatic carbocycles. The van der Waals surface area contributed by atoms with E-state index in [0.717, 1.165) is 36.0 Å². The average molecular weight is 390 g/mol. The number of amides is 1. The van der Waals surface area contributed by atoms with Gasteiger partial charge in [-0.15, -0.1) is 0 Å². The average Bonchev–Trinajstić information content (AvgIpc) is 2.77. The Balaban J connectivity index is 1.47. The van der Waals surface area contributed by atoms with Gasteiger partial charge in [0.05, 0.1) is 24.1 Å². The largest absolute Gasteiger partial charge is 0.478 e. The molecule has 0 radical (unpaired) electrons. The zero-order chi connectivity index (χ0) is 20.2. The lowest BCUT2D eigenvalue weighted by atomic mass is 9.97. The van der Waals surface area contributed by atoms with E-state index in [4.69, 9.17) is 9.72 Å². The molecular formula is C23H26N4O2. The molecule has 1 atom stereocenters. The van der Waals surface area contributed by atoms with Gasteiger partial charge in [-0.25, -0.2) is 9.97 Å². The van der Waals surface area contributed by atoms with Crippen LogP contribution in [0.25, 0.3) is 11.0 Å². The number of nitrogens with zero attached hydrogens (tertiary/aromatic N) is 3. The van der Waals surface area contributed by atoms with Crippen molar-refractivity contribution in [1.82, 2.24) is 15.3 Å². The van der Waals surface area contributed by atoms with Crippen molar-refractivity contribution in [2.45, 2.75) is 26.3 Å². The van der Waals surface area contributed by atoms with Crippen LogP contribution in [0.1, 0.15) is 24.0 Å². The highest BCUT2D eigenvalue weighted by atomic mass is 16.5. The molecule has 1 N–H and O–H groups in total. The molecule has 0 spiro atoms. The van der Waals surface area contributed by atoms with Gasteiger partial charge in [0.1, 0.15) is 0 Å². The smallest absolute Gasteiger partial charge is 0.257 e. The third-order valence-corrected chi connectivity index (χ3v) is 5.39. The zero-order valence-electron chi connectivity index (χ0n) is 16.9. The highest BCUT2D eigenvalue weighted by Crippen LogP contribution is 2.30. The van der Waals surface area contributed by atoms with Gasteiger partial charge in [-0.2, -0.15) is 0 Å². The Kier molecular flexibility index (Phi) is 5.60. The van der Waals surface area contributed by atoms with Crippen molar-refractivity contribution in [3.8, 4) is 5.88 Å². The van der Waals surface area contributed by atoms with Crippen LogP contribution in [0.2, 0.25) is 0 Å².